The molecule has 0 aliphatic rings. The molecule has 0 spiro atoms. The number of rotatable bonds is 7. The lowest BCUT2D eigenvalue weighted by Gasteiger charge is -2.25. The second-order valence-electron chi connectivity index (χ2n) is 2.92. The Morgan fingerprint density at radius 2 is 1.80 bits per heavy atom. The predicted octanol–water partition coefficient (Wildman–Crippen LogP) is 0.371. The van der Waals surface area contributed by atoms with Gasteiger partial charge in [-0.15, -0.1) is 0 Å². The standard InChI is InChI=1S/C9H18O5Si/c1-5-6-8(10)9(11)7-15(12-2,13-3)14-4/h5-6,9,11H,7H2,1-4H3. The maximum Gasteiger partial charge on any atom is 0.503 e. The van der Waals surface area contributed by atoms with Crippen molar-refractivity contribution in [3.05, 3.63) is 12.2 Å². The first-order chi connectivity index (χ1) is 7.05. The van der Waals surface area contributed by atoms with Crippen LogP contribution in [-0.2, 0) is 18.1 Å². The Morgan fingerprint density at radius 3 is 2.13 bits per heavy atom. The minimum Gasteiger partial charge on any atom is -0.385 e. The molecule has 0 fully saturated rings. The fourth-order valence-electron chi connectivity index (χ4n) is 1.11. The van der Waals surface area contributed by atoms with Crippen molar-refractivity contribution in [3.63, 3.8) is 0 Å². The minimum atomic E-state index is -2.88. The molecule has 0 aliphatic carbocycles. The largest absolute Gasteiger partial charge is 0.503 e. The zero-order chi connectivity index (χ0) is 11.9. The zero-order valence-corrected chi connectivity index (χ0v) is 10.5. The number of carbonyl (C=O) groups is 1. The highest BCUT2D eigenvalue weighted by Crippen LogP contribution is 2.15. The van der Waals surface area contributed by atoms with Crippen LogP contribution in [0.25, 0.3) is 0 Å². The van der Waals surface area contributed by atoms with Gasteiger partial charge in [0.2, 0.25) is 0 Å². The lowest BCUT2D eigenvalue weighted by Crippen LogP contribution is -2.46. The van der Waals surface area contributed by atoms with E-state index < -0.39 is 14.9 Å². The molecule has 0 saturated carbocycles. The van der Waals surface area contributed by atoms with Crippen molar-refractivity contribution in [2.24, 2.45) is 0 Å². The molecule has 0 aromatic carbocycles. The van der Waals surface area contributed by atoms with Crippen LogP contribution in [0.2, 0.25) is 6.04 Å². The molecule has 1 atom stereocenters. The van der Waals surface area contributed by atoms with E-state index in [0.29, 0.717) is 0 Å². The SMILES string of the molecule is CC=CC(=O)C(O)C[Si](OC)(OC)OC. The van der Waals surface area contributed by atoms with Gasteiger partial charge in [0.25, 0.3) is 0 Å². The molecule has 0 amide bonds. The molecule has 1 N–H and O–H groups in total. The summed E-state index contributed by atoms with van der Waals surface area (Å²) < 4.78 is 15.3. The number of hydrogen-bond donors (Lipinski definition) is 1. The summed E-state index contributed by atoms with van der Waals surface area (Å²) in [6, 6.07) is 0.0552. The maximum absolute atomic E-state index is 11.3. The Hall–Kier alpha value is -0.533. The molecule has 0 saturated heterocycles. The first kappa shape index (κ1) is 14.5. The van der Waals surface area contributed by atoms with Crippen LogP contribution in [0.1, 0.15) is 6.92 Å². The van der Waals surface area contributed by atoms with E-state index in [-0.39, 0.29) is 11.8 Å². The lowest BCUT2D eigenvalue weighted by atomic mass is 10.2. The summed E-state index contributed by atoms with van der Waals surface area (Å²) in [7, 11) is 1.43. The van der Waals surface area contributed by atoms with Crippen LogP contribution < -0.4 is 0 Å². The third-order valence-corrected chi connectivity index (χ3v) is 4.79. The van der Waals surface area contributed by atoms with E-state index in [1.165, 1.54) is 27.4 Å². The van der Waals surface area contributed by atoms with Crippen molar-refractivity contribution in [1.29, 1.82) is 0 Å². The third-order valence-electron chi connectivity index (χ3n) is 2.04. The highest BCUT2D eigenvalue weighted by Gasteiger charge is 2.41. The normalized spacial score (nSPS) is 14.5. The van der Waals surface area contributed by atoms with Crippen molar-refractivity contribution >= 4 is 14.6 Å². The number of hydrogen-bond acceptors (Lipinski definition) is 5. The van der Waals surface area contributed by atoms with Crippen LogP contribution in [0.15, 0.2) is 12.2 Å². The van der Waals surface area contributed by atoms with E-state index in [1.807, 2.05) is 0 Å². The molecule has 0 aromatic heterocycles. The second kappa shape index (κ2) is 6.86. The van der Waals surface area contributed by atoms with E-state index in [0.717, 1.165) is 0 Å². The van der Waals surface area contributed by atoms with Crippen LogP contribution in [0.4, 0.5) is 0 Å². The van der Waals surface area contributed by atoms with Crippen LogP contribution in [0.3, 0.4) is 0 Å². The van der Waals surface area contributed by atoms with E-state index in [2.05, 4.69) is 0 Å². The first-order valence-electron chi connectivity index (χ1n) is 4.55. The summed E-state index contributed by atoms with van der Waals surface area (Å²) in [6.07, 6.45) is 1.74. The summed E-state index contributed by atoms with van der Waals surface area (Å²) in [5.74, 6) is -0.375. The lowest BCUT2D eigenvalue weighted by molar-refractivity contribution is -0.122. The van der Waals surface area contributed by atoms with Crippen molar-refractivity contribution in [2.75, 3.05) is 21.3 Å². The summed E-state index contributed by atoms with van der Waals surface area (Å²) in [5.41, 5.74) is 0. The van der Waals surface area contributed by atoms with Crippen LogP contribution in [0, 0.1) is 0 Å². The predicted molar refractivity (Wildman–Crippen MR) is 57.4 cm³/mol. The summed E-state index contributed by atoms with van der Waals surface area (Å²) in [4.78, 5) is 11.3. The monoisotopic (exact) mass is 234 g/mol. The maximum atomic E-state index is 11.3. The van der Waals surface area contributed by atoms with Gasteiger partial charge in [0.15, 0.2) is 5.78 Å². The Kier molecular flexibility index (Phi) is 6.62. The molecular weight excluding hydrogens is 216 g/mol. The van der Waals surface area contributed by atoms with E-state index in [4.69, 9.17) is 13.3 Å². The fraction of sp³-hybridized carbons (Fsp3) is 0.667. The van der Waals surface area contributed by atoms with E-state index in [1.54, 1.807) is 13.0 Å². The van der Waals surface area contributed by atoms with Gasteiger partial charge in [-0.25, -0.2) is 0 Å². The molecule has 0 radical (unpaired) electrons. The number of allylic oxidation sites excluding steroid dienone is 1. The third kappa shape index (κ3) is 4.23. The van der Waals surface area contributed by atoms with Gasteiger partial charge in [-0.3, -0.25) is 4.79 Å². The molecule has 1 unspecified atom stereocenters. The van der Waals surface area contributed by atoms with Gasteiger partial charge in [0, 0.05) is 21.3 Å². The van der Waals surface area contributed by atoms with Crippen molar-refractivity contribution in [3.8, 4) is 0 Å². The molecule has 5 nitrogen and oxygen atoms in total. The molecule has 0 aliphatic heterocycles. The first-order valence-corrected chi connectivity index (χ1v) is 6.48. The summed E-state index contributed by atoms with van der Waals surface area (Å²) in [5, 5.41) is 9.57. The van der Waals surface area contributed by atoms with E-state index >= 15 is 0 Å². The Labute approximate surface area is 91.0 Å². The van der Waals surface area contributed by atoms with Crippen LogP contribution >= 0.6 is 0 Å². The highest BCUT2D eigenvalue weighted by molar-refractivity contribution is 6.61. The Balaban J connectivity index is 4.47. The number of aliphatic hydroxyl groups excluding tert-OH is 1. The smallest absolute Gasteiger partial charge is 0.385 e. The van der Waals surface area contributed by atoms with Gasteiger partial charge in [0.05, 0.1) is 6.04 Å². The van der Waals surface area contributed by atoms with Crippen molar-refractivity contribution in [1.82, 2.24) is 0 Å². The number of carbonyl (C=O) groups excluding carboxylic acids is 1. The Morgan fingerprint density at radius 1 is 1.33 bits per heavy atom. The highest BCUT2D eigenvalue weighted by atomic mass is 28.4. The summed E-state index contributed by atoms with van der Waals surface area (Å²) in [6.45, 7) is 1.71. The van der Waals surface area contributed by atoms with Gasteiger partial charge in [0.1, 0.15) is 6.10 Å². The molecule has 0 aromatic rings. The molecule has 0 bridgehead atoms. The van der Waals surface area contributed by atoms with Gasteiger partial charge in [-0.05, 0) is 13.0 Å². The quantitative estimate of drug-likeness (QED) is 0.509. The average Bonchev–Trinajstić information content (AvgIpc) is 2.26. The second-order valence-corrected chi connectivity index (χ2v) is 5.92. The molecule has 0 rings (SSSR count). The molecule has 6 heteroatoms. The average molecular weight is 234 g/mol. The van der Waals surface area contributed by atoms with E-state index in [9.17, 15) is 9.90 Å². The van der Waals surface area contributed by atoms with Gasteiger partial charge < -0.3 is 18.4 Å². The minimum absolute atomic E-state index is 0.0552. The van der Waals surface area contributed by atoms with Gasteiger partial charge >= 0.3 is 8.80 Å². The zero-order valence-electron chi connectivity index (χ0n) is 9.52. The summed E-state index contributed by atoms with van der Waals surface area (Å²) >= 11 is 0. The van der Waals surface area contributed by atoms with Crippen LogP contribution in [-0.4, -0.2) is 47.1 Å². The molecule has 0 heterocycles. The number of aliphatic hydroxyl groups is 1. The van der Waals surface area contributed by atoms with Crippen LogP contribution in [0.5, 0.6) is 0 Å². The van der Waals surface area contributed by atoms with Gasteiger partial charge in [-0.2, -0.15) is 0 Å². The van der Waals surface area contributed by atoms with Gasteiger partial charge in [-0.1, -0.05) is 6.08 Å². The topological polar surface area (TPSA) is 65.0 Å². The fourth-order valence-corrected chi connectivity index (χ4v) is 2.79. The Bertz CT molecular complexity index is 216. The van der Waals surface area contributed by atoms with Crippen molar-refractivity contribution in [2.45, 2.75) is 19.1 Å². The molecular formula is C9H18O5Si. The number of ketones is 1. The molecule has 15 heavy (non-hydrogen) atoms. The van der Waals surface area contributed by atoms with Crippen molar-refractivity contribution < 1.29 is 23.2 Å². The molecule has 88 valence electrons.